The Bertz CT molecular complexity index is 1260. The van der Waals surface area contributed by atoms with Crippen LogP contribution in [0.4, 0.5) is 10.5 Å². The van der Waals surface area contributed by atoms with Crippen LogP contribution in [0.3, 0.4) is 0 Å². The lowest BCUT2D eigenvalue weighted by Crippen LogP contribution is -2.32. The molecule has 0 atom stereocenters. The number of carbonyl (C=O) groups excluding carboxylic acids is 1. The highest BCUT2D eigenvalue weighted by Gasteiger charge is 2.19. The predicted octanol–water partition coefficient (Wildman–Crippen LogP) is 6.36. The number of fused-ring (bicyclic) bond motifs is 1. The average Bonchev–Trinajstić information content (AvgIpc) is 3.21. The van der Waals surface area contributed by atoms with Crippen LogP contribution in [-0.2, 0) is 12.8 Å². The van der Waals surface area contributed by atoms with Crippen LogP contribution in [-0.4, -0.2) is 28.5 Å². The van der Waals surface area contributed by atoms with Crippen LogP contribution < -0.4 is 4.90 Å². The number of aromatic amines is 1. The van der Waals surface area contributed by atoms with Crippen molar-refractivity contribution in [3.63, 3.8) is 0 Å². The minimum atomic E-state index is -1.02. The third kappa shape index (κ3) is 4.68. The topological polar surface area (TPSA) is 73.4 Å². The number of ketones is 1. The van der Waals surface area contributed by atoms with E-state index < -0.39 is 6.09 Å². The zero-order valence-corrected chi connectivity index (χ0v) is 18.2. The lowest BCUT2D eigenvalue weighted by Gasteiger charge is -2.22. The fourth-order valence-corrected chi connectivity index (χ4v) is 4.19. The van der Waals surface area contributed by atoms with E-state index in [2.05, 4.69) is 4.98 Å². The molecule has 0 spiro atoms. The van der Waals surface area contributed by atoms with E-state index >= 15 is 0 Å². The summed E-state index contributed by atoms with van der Waals surface area (Å²) in [6, 6.07) is 22.3. The number of nitrogens with zero attached hydrogens (tertiary/aromatic N) is 1. The first kappa shape index (κ1) is 21.7. The summed E-state index contributed by atoms with van der Waals surface area (Å²) in [7, 11) is 0. The fraction of sp³-hybridized carbons (Fsp3) is 0.154. The van der Waals surface area contributed by atoms with Crippen molar-refractivity contribution in [2.24, 2.45) is 0 Å². The summed E-state index contributed by atoms with van der Waals surface area (Å²) in [5.41, 5.74) is 4.00. The molecule has 5 nitrogen and oxygen atoms in total. The minimum Gasteiger partial charge on any atom is -0.465 e. The van der Waals surface area contributed by atoms with Crippen LogP contribution in [0, 0.1) is 0 Å². The number of hydrogen-bond donors (Lipinski definition) is 2. The molecule has 0 aliphatic heterocycles. The number of aromatic nitrogens is 1. The lowest BCUT2D eigenvalue weighted by molar-refractivity contribution is 0.0983. The van der Waals surface area contributed by atoms with Crippen LogP contribution in [0.1, 0.15) is 27.9 Å². The number of hydrogen-bond acceptors (Lipinski definition) is 2. The van der Waals surface area contributed by atoms with Gasteiger partial charge in [-0.1, -0.05) is 60.1 Å². The number of amides is 1. The van der Waals surface area contributed by atoms with Gasteiger partial charge in [-0.05, 0) is 48.2 Å². The van der Waals surface area contributed by atoms with Crippen molar-refractivity contribution >= 4 is 40.1 Å². The summed E-state index contributed by atoms with van der Waals surface area (Å²) in [6.07, 6.45) is 2.16. The molecule has 0 aliphatic carbocycles. The van der Waals surface area contributed by atoms with E-state index in [1.54, 1.807) is 30.3 Å². The summed E-state index contributed by atoms with van der Waals surface area (Å²) in [6.45, 7) is 0.312. The zero-order valence-electron chi connectivity index (χ0n) is 17.4. The van der Waals surface area contributed by atoms with Crippen molar-refractivity contribution in [2.45, 2.75) is 19.3 Å². The van der Waals surface area contributed by atoms with Crippen molar-refractivity contribution < 1.29 is 14.7 Å². The molecule has 4 aromatic rings. The van der Waals surface area contributed by atoms with Gasteiger partial charge >= 0.3 is 6.09 Å². The van der Waals surface area contributed by atoms with Gasteiger partial charge < -0.3 is 10.1 Å². The van der Waals surface area contributed by atoms with Crippen molar-refractivity contribution in [2.75, 3.05) is 11.4 Å². The summed E-state index contributed by atoms with van der Waals surface area (Å²) in [4.78, 5) is 29.3. The molecule has 0 saturated heterocycles. The van der Waals surface area contributed by atoms with Crippen molar-refractivity contribution in [1.82, 2.24) is 4.98 Å². The van der Waals surface area contributed by atoms with Gasteiger partial charge in [0.15, 0.2) is 5.78 Å². The van der Waals surface area contributed by atoms with E-state index in [0.717, 1.165) is 22.0 Å². The Labute approximate surface area is 191 Å². The largest absolute Gasteiger partial charge is 0.465 e. The Morgan fingerprint density at radius 2 is 1.59 bits per heavy atom. The number of Topliss-reactive ketones (excluding diaryl/α,β-unsaturated/α-hetero) is 1. The molecule has 0 bridgehead atoms. The molecule has 3 aromatic carbocycles. The number of carboxylic acid groups (broad SMARTS) is 1. The Hall–Kier alpha value is -3.57. The van der Waals surface area contributed by atoms with E-state index in [1.807, 2.05) is 48.7 Å². The van der Waals surface area contributed by atoms with Crippen LogP contribution in [0.2, 0.25) is 5.02 Å². The number of para-hydroxylation sites is 2. The molecule has 1 aromatic heterocycles. The Balaban J connectivity index is 1.51. The molecule has 2 N–H and O–H groups in total. The third-order valence-corrected chi connectivity index (χ3v) is 5.92. The third-order valence-electron chi connectivity index (χ3n) is 5.59. The van der Waals surface area contributed by atoms with Crippen LogP contribution in [0.25, 0.3) is 10.9 Å². The molecule has 0 unspecified atom stereocenters. The molecule has 1 amide bonds. The van der Waals surface area contributed by atoms with Crippen molar-refractivity contribution in [3.8, 4) is 0 Å². The Morgan fingerprint density at radius 1 is 0.875 bits per heavy atom. The van der Waals surface area contributed by atoms with E-state index in [4.69, 9.17) is 11.6 Å². The van der Waals surface area contributed by atoms with Gasteiger partial charge in [-0.25, -0.2) is 4.79 Å². The number of aryl methyl sites for hydroxylation is 1. The Kier molecular flexibility index (Phi) is 6.57. The van der Waals surface area contributed by atoms with E-state index in [-0.39, 0.29) is 12.2 Å². The van der Waals surface area contributed by atoms with Gasteiger partial charge in [0.25, 0.3) is 0 Å². The smallest absolute Gasteiger partial charge is 0.411 e. The highest BCUT2D eigenvalue weighted by molar-refractivity contribution is 6.33. The van der Waals surface area contributed by atoms with Crippen LogP contribution in [0.5, 0.6) is 0 Å². The van der Waals surface area contributed by atoms with Crippen LogP contribution >= 0.6 is 11.6 Å². The zero-order chi connectivity index (χ0) is 22.5. The van der Waals surface area contributed by atoms with Gasteiger partial charge in [0.1, 0.15) is 0 Å². The number of anilines is 1. The second kappa shape index (κ2) is 9.71. The van der Waals surface area contributed by atoms with Gasteiger partial charge in [0.05, 0.1) is 10.7 Å². The number of H-pyrrole nitrogens is 1. The summed E-state index contributed by atoms with van der Waals surface area (Å²) < 4.78 is 0. The highest BCUT2D eigenvalue weighted by atomic mass is 35.5. The molecule has 0 aliphatic rings. The SMILES string of the molecule is O=C(CCc1ccccc1N(CCc1c[nH]c2ccccc12)C(=O)O)c1ccccc1Cl. The number of halogens is 1. The number of nitrogens with one attached hydrogen (secondary N) is 1. The molecule has 0 radical (unpaired) electrons. The van der Waals surface area contributed by atoms with Crippen LogP contribution in [0.15, 0.2) is 79.0 Å². The predicted molar refractivity (Wildman–Crippen MR) is 128 cm³/mol. The second-order valence-electron chi connectivity index (χ2n) is 7.58. The van der Waals surface area contributed by atoms with Gasteiger partial charge in [-0.15, -0.1) is 0 Å². The normalized spacial score (nSPS) is 10.9. The molecule has 162 valence electrons. The van der Waals surface area contributed by atoms with E-state index in [9.17, 15) is 14.7 Å². The Morgan fingerprint density at radius 3 is 2.41 bits per heavy atom. The fourth-order valence-electron chi connectivity index (χ4n) is 3.95. The maximum Gasteiger partial charge on any atom is 0.411 e. The average molecular weight is 447 g/mol. The summed E-state index contributed by atoms with van der Waals surface area (Å²) in [5, 5.41) is 11.4. The van der Waals surface area contributed by atoms with Gasteiger partial charge in [-0.2, -0.15) is 0 Å². The van der Waals surface area contributed by atoms with E-state index in [1.165, 1.54) is 4.90 Å². The van der Waals surface area contributed by atoms with Gasteiger partial charge in [0.2, 0.25) is 0 Å². The first-order valence-electron chi connectivity index (χ1n) is 10.5. The summed E-state index contributed by atoms with van der Waals surface area (Å²) >= 11 is 6.15. The van der Waals surface area contributed by atoms with Gasteiger partial charge in [-0.3, -0.25) is 9.69 Å². The molecule has 32 heavy (non-hydrogen) atoms. The molecule has 1 heterocycles. The van der Waals surface area contributed by atoms with Crippen molar-refractivity contribution in [1.29, 1.82) is 0 Å². The number of carbonyl (C=O) groups is 2. The van der Waals surface area contributed by atoms with E-state index in [0.29, 0.717) is 35.7 Å². The number of rotatable bonds is 8. The first-order chi connectivity index (χ1) is 15.5. The maximum atomic E-state index is 12.6. The molecule has 6 heteroatoms. The minimum absolute atomic E-state index is 0.0638. The van der Waals surface area contributed by atoms with Crippen molar-refractivity contribution in [3.05, 3.63) is 101 Å². The quantitative estimate of drug-likeness (QED) is 0.309. The molecular weight excluding hydrogens is 424 g/mol. The monoisotopic (exact) mass is 446 g/mol. The molecule has 4 rings (SSSR count). The first-order valence-corrected chi connectivity index (χ1v) is 10.8. The standard InChI is InChI=1S/C26H23ClN2O3/c27-22-10-4-2-9-21(22)25(30)14-13-18-7-1-6-12-24(18)29(26(31)32)16-15-19-17-28-23-11-5-3-8-20(19)23/h1-12,17,28H,13-16H2,(H,31,32). The molecule has 0 saturated carbocycles. The molecule has 0 fully saturated rings. The van der Waals surface area contributed by atoms with Gasteiger partial charge in [0, 0.05) is 35.6 Å². The maximum absolute atomic E-state index is 12.6. The summed E-state index contributed by atoms with van der Waals surface area (Å²) in [5.74, 6) is -0.0638. The number of benzene rings is 3. The second-order valence-corrected chi connectivity index (χ2v) is 7.98. The lowest BCUT2D eigenvalue weighted by atomic mass is 10.0. The molecular formula is C26H23ClN2O3. The highest BCUT2D eigenvalue weighted by Crippen LogP contribution is 2.25.